The molecule has 0 unspecified atom stereocenters. The lowest BCUT2D eigenvalue weighted by Crippen LogP contribution is -2.29. The molecule has 1 amide bonds. The van der Waals surface area contributed by atoms with Gasteiger partial charge in [0, 0.05) is 11.1 Å². The predicted molar refractivity (Wildman–Crippen MR) is 135 cm³/mol. The van der Waals surface area contributed by atoms with Crippen LogP contribution in [0, 0.1) is 12.7 Å². The van der Waals surface area contributed by atoms with Crippen molar-refractivity contribution in [2.45, 2.75) is 13.0 Å². The summed E-state index contributed by atoms with van der Waals surface area (Å²) in [6.45, 7) is 1.90. The van der Waals surface area contributed by atoms with E-state index >= 15 is 0 Å². The summed E-state index contributed by atoms with van der Waals surface area (Å²) in [6, 6.07) is 15.0. The molecule has 2 heterocycles. The Bertz CT molecular complexity index is 1540. The molecule has 7 nitrogen and oxygen atoms in total. The quantitative estimate of drug-likeness (QED) is 0.223. The van der Waals surface area contributed by atoms with Gasteiger partial charge in [0.2, 0.25) is 0 Å². The molecule has 182 valence electrons. The maximum atomic E-state index is 13.8. The lowest BCUT2D eigenvalue weighted by atomic mass is 9.94. The van der Waals surface area contributed by atoms with Crippen LogP contribution >= 0.6 is 11.3 Å². The van der Waals surface area contributed by atoms with Crippen LogP contribution < -0.4 is 14.4 Å². The Hall–Kier alpha value is -4.24. The van der Waals surface area contributed by atoms with Gasteiger partial charge in [-0.1, -0.05) is 41.2 Å². The van der Waals surface area contributed by atoms with Crippen LogP contribution in [0.15, 0.2) is 66.2 Å². The number of aliphatic hydroxyl groups excluding tert-OH is 1. The molecule has 0 saturated carbocycles. The predicted octanol–water partition coefficient (Wildman–Crippen LogP) is 5.39. The fourth-order valence-corrected chi connectivity index (χ4v) is 5.25. The summed E-state index contributed by atoms with van der Waals surface area (Å²) in [6.07, 6.45) is 0. The van der Waals surface area contributed by atoms with Gasteiger partial charge in [0.25, 0.3) is 5.78 Å². The molecule has 0 bridgehead atoms. The summed E-state index contributed by atoms with van der Waals surface area (Å²) < 4.78 is 25.3. The highest BCUT2D eigenvalue weighted by Crippen LogP contribution is 2.47. The zero-order valence-electron chi connectivity index (χ0n) is 19.6. The van der Waals surface area contributed by atoms with Crippen molar-refractivity contribution < 1.29 is 28.6 Å². The smallest absolute Gasteiger partial charge is 0.301 e. The second kappa shape index (κ2) is 9.09. The topological polar surface area (TPSA) is 89.0 Å². The summed E-state index contributed by atoms with van der Waals surface area (Å²) >= 11 is 1.07. The second-order valence-electron chi connectivity index (χ2n) is 8.25. The summed E-state index contributed by atoms with van der Waals surface area (Å²) in [5.74, 6) is -1.64. The van der Waals surface area contributed by atoms with Gasteiger partial charge in [-0.25, -0.2) is 9.37 Å². The zero-order chi connectivity index (χ0) is 25.6. The van der Waals surface area contributed by atoms with Crippen molar-refractivity contribution in [1.82, 2.24) is 4.98 Å². The number of anilines is 1. The van der Waals surface area contributed by atoms with Crippen molar-refractivity contribution in [3.63, 3.8) is 0 Å². The number of hydrogen-bond acceptors (Lipinski definition) is 7. The molecule has 0 spiro atoms. The van der Waals surface area contributed by atoms with Crippen molar-refractivity contribution in [2.24, 2.45) is 0 Å². The van der Waals surface area contributed by atoms with Gasteiger partial charge in [-0.15, -0.1) is 0 Å². The Balaban J connectivity index is 1.78. The number of aromatic nitrogens is 1. The Kier molecular flexibility index (Phi) is 5.93. The Morgan fingerprint density at radius 3 is 2.47 bits per heavy atom. The number of aryl methyl sites for hydroxylation is 1. The molecule has 4 aromatic rings. The molecule has 0 radical (unpaired) electrons. The molecule has 1 aliphatic heterocycles. The van der Waals surface area contributed by atoms with Crippen LogP contribution in [-0.2, 0) is 9.59 Å². The minimum atomic E-state index is -1.07. The Morgan fingerprint density at radius 2 is 1.78 bits per heavy atom. The van der Waals surface area contributed by atoms with Crippen LogP contribution in [0.25, 0.3) is 16.0 Å². The first-order chi connectivity index (χ1) is 17.3. The largest absolute Gasteiger partial charge is 0.507 e. The number of halogens is 1. The molecule has 9 heteroatoms. The first-order valence-corrected chi connectivity index (χ1v) is 11.8. The van der Waals surface area contributed by atoms with Crippen molar-refractivity contribution in [3.8, 4) is 11.5 Å². The Morgan fingerprint density at radius 1 is 1.03 bits per heavy atom. The lowest BCUT2D eigenvalue weighted by molar-refractivity contribution is -0.132. The Labute approximate surface area is 210 Å². The highest BCUT2D eigenvalue weighted by Gasteiger charge is 2.49. The number of methoxy groups -OCH3 is 2. The molecule has 1 aliphatic rings. The van der Waals surface area contributed by atoms with Gasteiger partial charge in [-0.3, -0.25) is 14.5 Å². The van der Waals surface area contributed by atoms with E-state index < -0.39 is 23.5 Å². The highest BCUT2D eigenvalue weighted by atomic mass is 32.1. The summed E-state index contributed by atoms with van der Waals surface area (Å²) in [5.41, 5.74) is 2.15. The second-order valence-corrected chi connectivity index (χ2v) is 9.26. The number of nitrogens with zero attached hydrogens (tertiary/aromatic N) is 2. The van der Waals surface area contributed by atoms with Crippen molar-refractivity contribution in [1.29, 1.82) is 0 Å². The number of Topliss-reactive ketones (excluding diaryl/α,β-unsaturated/α-hetero) is 1. The number of benzene rings is 3. The van der Waals surface area contributed by atoms with Crippen LogP contribution in [0.2, 0.25) is 0 Å². The lowest BCUT2D eigenvalue weighted by Gasteiger charge is -2.25. The molecule has 1 atom stereocenters. The van der Waals surface area contributed by atoms with Crippen molar-refractivity contribution in [3.05, 3.63) is 88.7 Å². The molecule has 0 aliphatic carbocycles. The maximum absolute atomic E-state index is 13.8. The first-order valence-electron chi connectivity index (χ1n) is 11.0. The molecule has 3 aromatic carbocycles. The molecule has 1 saturated heterocycles. The molecule has 5 rings (SSSR count). The molecular weight excluding hydrogens is 483 g/mol. The number of amides is 1. The number of carbonyl (C=O) groups is 2. The average Bonchev–Trinajstić information content (AvgIpc) is 3.41. The van der Waals surface area contributed by atoms with E-state index in [9.17, 15) is 19.1 Å². The number of ether oxygens (including phenoxy) is 2. The van der Waals surface area contributed by atoms with E-state index in [4.69, 9.17) is 9.47 Å². The van der Waals surface area contributed by atoms with Gasteiger partial charge in [-0.05, 0) is 43.3 Å². The van der Waals surface area contributed by atoms with Gasteiger partial charge in [0.1, 0.15) is 29.1 Å². The van der Waals surface area contributed by atoms with E-state index in [2.05, 4.69) is 4.98 Å². The van der Waals surface area contributed by atoms with Crippen LogP contribution in [0.1, 0.15) is 22.7 Å². The molecule has 1 fully saturated rings. The normalized spacial score (nSPS) is 17.1. The SMILES string of the molecule is COc1ccc(OC)c([C@@H]2C(=C(O)c3ccc(C)cc3)C(=O)C(=O)N2c2nc3ccc(F)cc3s2)c1. The fourth-order valence-electron chi connectivity index (χ4n) is 4.23. The van der Waals surface area contributed by atoms with E-state index in [-0.39, 0.29) is 16.5 Å². The van der Waals surface area contributed by atoms with Crippen LogP contribution in [0.4, 0.5) is 9.52 Å². The van der Waals surface area contributed by atoms with E-state index in [1.165, 1.54) is 37.3 Å². The zero-order valence-corrected chi connectivity index (χ0v) is 20.4. The minimum Gasteiger partial charge on any atom is -0.507 e. The minimum absolute atomic E-state index is 0.110. The third kappa shape index (κ3) is 3.87. The molecule has 1 N–H and O–H groups in total. The van der Waals surface area contributed by atoms with Crippen LogP contribution in [0.3, 0.4) is 0 Å². The number of hydrogen-bond donors (Lipinski definition) is 1. The molecular formula is C27H21FN2O5S. The standard InChI is InChI=1S/C27H21FN2O5S/c1-14-4-6-15(7-5-14)24(31)22-23(18-13-17(34-2)9-11-20(18)35-3)30(26(33)25(22)32)27-29-19-10-8-16(28)12-21(19)36-27/h4-13,23,31H,1-3H3/t23-/m1/s1. The van der Waals surface area contributed by atoms with Crippen molar-refractivity contribution in [2.75, 3.05) is 19.1 Å². The highest BCUT2D eigenvalue weighted by molar-refractivity contribution is 7.22. The summed E-state index contributed by atoms with van der Waals surface area (Å²) in [7, 11) is 2.97. The van der Waals surface area contributed by atoms with Gasteiger partial charge in [0.05, 0.1) is 30.0 Å². The maximum Gasteiger partial charge on any atom is 0.301 e. The van der Waals surface area contributed by atoms with E-state index in [0.29, 0.717) is 32.8 Å². The third-order valence-corrected chi connectivity index (χ3v) is 7.06. The molecule has 36 heavy (non-hydrogen) atoms. The van der Waals surface area contributed by atoms with E-state index in [1.54, 1.807) is 42.5 Å². The number of carbonyl (C=O) groups excluding carboxylic acids is 2. The van der Waals surface area contributed by atoms with E-state index in [0.717, 1.165) is 16.9 Å². The number of aliphatic hydroxyl groups is 1. The first kappa shape index (κ1) is 23.5. The summed E-state index contributed by atoms with van der Waals surface area (Å²) in [4.78, 5) is 32.6. The van der Waals surface area contributed by atoms with Crippen molar-refractivity contribution >= 4 is 44.1 Å². The van der Waals surface area contributed by atoms with Crippen LogP contribution in [0.5, 0.6) is 11.5 Å². The fraction of sp³-hybridized carbons (Fsp3) is 0.148. The van der Waals surface area contributed by atoms with Crippen LogP contribution in [-0.4, -0.2) is 36.0 Å². The van der Waals surface area contributed by atoms with E-state index in [1.807, 2.05) is 6.92 Å². The average molecular weight is 505 g/mol. The van der Waals surface area contributed by atoms with Gasteiger partial charge in [-0.2, -0.15) is 0 Å². The van der Waals surface area contributed by atoms with Gasteiger partial charge >= 0.3 is 5.91 Å². The van der Waals surface area contributed by atoms with Gasteiger partial charge in [0.15, 0.2) is 5.13 Å². The summed E-state index contributed by atoms with van der Waals surface area (Å²) in [5, 5.41) is 11.5. The molecule has 1 aromatic heterocycles. The number of rotatable bonds is 5. The number of ketones is 1. The number of fused-ring (bicyclic) bond motifs is 1. The number of thiazole rings is 1. The third-order valence-electron chi connectivity index (χ3n) is 6.05. The van der Waals surface area contributed by atoms with Gasteiger partial charge < -0.3 is 14.6 Å². The monoisotopic (exact) mass is 504 g/mol.